The first-order valence-electron chi connectivity index (χ1n) is 4.16. The molecule has 0 spiro atoms. The van der Waals surface area contributed by atoms with Gasteiger partial charge in [0.25, 0.3) is 0 Å². The van der Waals surface area contributed by atoms with Gasteiger partial charge in [-0.1, -0.05) is 12.2 Å². The zero-order valence-corrected chi connectivity index (χ0v) is 5.96. The van der Waals surface area contributed by atoms with Gasteiger partial charge < -0.3 is 5.11 Å². The summed E-state index contributed by atoms with van der Waals surface area (Å²) in [5.41, 5.74) is 1.37. The summed E-state index contributed by atoms with van der Waals surface area (Å²) >= 11 is 0. The fourth-order valence-electron chi connectivity index (χ4n) is 3.52. The lowest BCUT2D eigenvalue weighted by Gasteiger charge is -2.13. The van der Waals surface area contributed by atoms with Gasteiger partial charge in [0.15, 0.2) is 0 Å². The van der Waals surface area contributed by atoms with Crippen LogP contribution in [0, 0.1) is 23.7 Å². The molecule has 0 aromatic carbocycles. The molecule has 0 heterocycles. The van der Waals surface area contributed by atoms with E-state index in [1.807, 2.05) is 0 Å². The number of aliphatic hydroxyl groups is 1. The van der Waals surface area contributed by atoms with E-state index in [2.05, 4.69) is 6.58 Å². The third-order valence-corrected chi connectivity index (χ3v) is 3.87. The molecule has 0 aliphatic heterocycles. The van der Waals surface area contributed by atoms with Crippen molar-refractivity contribution >= 4 is 0 Å². The van der Waals surface area contributed by atoms with Gasteiger partial charge in [-0.25, -0.2) is 0 Å². The maximum absolute atomic E-state index is 9.64. The van der Waals surface area contributed by atoms with E-state index in [-0.39, 0.29) is 6.10 Å². The molecule has 0 aromatic rings. The summed E-state index contributed by atoms with van der Waals surface area (Å²) in [5, 5.41) is 9.64. The van der Waals surface area contributed by atoms with Crippen molar-refractivity contribution in [2.75, 3.05) is 0 Å². The molecule has 5 atom stereocenters. The summed E-state index contributed by atoms with van der Waals surface area (Å²) in [5.74, 6) is 2.65. The molecule has 0 unspecified atom stereocenters. The Morgan fingerprint density at radius 3 is 2.50 bits per heavy atom. The zero-order chi connectivity index (χ0) is 6.88. The van der Waals surface area contributed by atoms with Crippen molar-refractivity contribution in [3.63, 3.8) is 0 Å². The van der Waals surface area contributed by atoms with Gasteiger partial charge in [0.05, 0.1) is 6.10 Å². The van der Waals surface area contributed by atoms with Gasteiger partial charge in [-0.2, -0.15) is 0 Å². The van der Waals surface area contributed by atoms with Gasteiger partial charge >= 0.3 is 0 Å². The molecule has 10 heavy (non-hydrogen) atoms. The quantitative estimate of drug-likeness (QED) is 0.496. The highest BCUT2D eigenvalue weighted by atomic mass is 16.3. The number of hydrogen-bond acceptors (Lipinski definition) is 1. The lowest BCUT2D eigenvalue weighted by Crippen LogP contribution is -2.18. The van der Waals surface area contributed by atoms with Crippen LogP contribution in [0.5, 0.6) is 0 Å². The first kappa shape index (κ1) is 5.36. The van der Waals surface area contributed by atoms with Crippen LogP contribution in [0.3, 0.4) is 0 Å². The van der Waals surface area contributed by atoms with Gasteiger partial charge in [-0.05, 0) is 30.6 Å². The first-order valence-corrected chi connectivity index (χ1v) is 4.16. The van der Waals surface area contributed by atoms with E-state index >= 15 is 0 Å². The minimum absolute atomic E-state index is 0.00347. The molecule has 4 aliphatic carbocycles. The van der Waals surface area contributed by atoms with Crippen LogP contribution < -0.4 is 0 Å². The lowest BCUT2D eigenvalue weighted by atomic mass is 9.96. The Kier molecular flexibility index (Phi) is 0.713. The van der Waals surface area contributed by atoms with E-state index < -0.39 is 0 Å². The molecule has 4 fully saturated rings. The summed E-state index contributed by atoms with van der Waals surface area (Å²) in [4.78, 5) is 0. The predicted octanol–water partition coefficient (Wildman–Crippen LogP) is 1.19. The largest absolute Gasteiger partial charge is 0.392 e. The van der Waals surface area contributed by atoms with Crippen molar-refractivity contribution in [2.24, 2.45) is 23.7 Å². The molecule has 4 rings (SSSR count). The smallest absolute Gasteiger partial charge is 0.0642 e. The molecular formula is C9H12O. The van der Waals surface area contributed by atoms with Crippen LogP contribution in [-0.2, 0) is 0 Å². The summed E-state index contributed by atoms with van der Waals surface area (Å²) in [6, 6.07) is 0. The summed E-state index contributed by atoms with van der Waals surface area (Å²) < 4.78 is 0. The molecule has 54 valence electrons. The third-order valence-electron chi connectivity index (χ3n) is 3.87. The molecule has 0 radical (unpaired) electrons. The molecule has 4 saturated carbocycles. The van der Waals surface area contributed by atoms with Crippen LogP contribution in [0.25, 0.3) is 0 Å². The molecule has 1 heteroatoms. The van der Waals surface area contributed by atoms with Crippen molar-refractivity contribution in [3.8, 4) is 0 Å². The van der Waals surface area contributed by atoms with Gasteiger partial charge in [0, 0.05) is 5.92 Å². The maximum Gasteiger partial charge on any atom is 0.0642 e. The monoisotopic (exact) mass is 136 g/mol. The molecular weight excluding hydrogens is 124 g/mol. The van der Waals surface area contributed by atoms with Gasteiger partial charge in [0.2, 0.25) is 0 Å². The highest BCUT2D eigenvalue weighted by Gasteiger charge is 2.61. The molecule has 4 aliphatic rings. The Morgan fingerprint density at radius 2 is 2.20 bits per heavy atom. The lowest BCUT2D eigenvalue weighted by molar-refractivity contribution is 0.103. The first-order chi connectivity index (χ1) is 4.79. The van der Waals surface area contributed by atoms with Crippen LogP contribution in [0.2, 0.25) is 0 Å². The minimum Gasteiger partial charge on any atom is -0.392 e. The van der Waals surface area contributed by atoms with Crippen molar-refractivity contribution in [2.45, 2.75) is 18.9 Å². The van der Waals surface area contributed by atoms with Crippen molar-refractivity contribution < 1.29 is 5.11 Å². The number of rotatable bonds is 0. The molecule has 0 aromatic heterocycles. The number of aliphatic hydroxyl groups excluding tert-OH is 1. The highest BCUT2D eigenvalue weighted by Crippen LogP contribution is 2.64. The fraction of sp³-hybridized carbons (Fsp3) is 0.778. The average Bonchev–Trinajstić information content (AvgIpc) is 2.51. The second-order valence-electron chi connectivity index (χ2n) is 4.09. The maximum atomic E-state index is 9.64. The Balaban J connectivity index is 2.14. The molecule has 0 saturated heterocycles. The Labute approximate surface area is 60.7 Å². The van der Waals surface area contributed by atoms with E-state index in [0.29, 0.717) is 17.8 Å². The van der Waals surface area contributed by atoms with E-state index in [1.165, 1.54) is 18.4 Å². The second kappa shape index (κ2) is 1.33. The Hall–Kier alpha value is -0.300. The second-order valence-corrected chi connectivity index (χ2v) is 4.09. The van der Waals surface area contributed by atoms with E-state index in [9.17, 15) is 5.11 Å². The van der Waals surface area contributed by atoms with Gasteiger partial charge in [-0.15, -0.1) is 0 Å². The normalized spacial score (nSPS) is 62.9. The zero-order valence-electron chi connectivity index (χ0n) is 5.96. The van der Waals surface area contributed by atoms with Crippen molar-refractivity contribution in [1.82, 2.24) is 0 Å². The van der Waals surface area contributed by atoms with Crippen LogP contribution in [0.15, 0.2) is 12.2 Å². The van der Waals surface area contributed by atoms with E-state index in [4.69, 9.17) is 0 Å². The Bertz CT molecular complexity index is 207. The molecule has 4 bridgehead atoms. The van der Waals surface area contributed by atoms with Crippen LogP contribution >= 0.6 is 0 Å². The van der Waals surface area contributed by atoms with Crippen LogP contribution in [-0.4, -0.2) is 11.2 Å². The van der Waals surface area contributed by atoms with Gasteiger partial charge in [0.1, 0.15) is 0 Å². The topological polar surface area (TPSA) is 20.2 Å². The fourth-order valence-corrected chi connectivity index (χ4v) is 3.52. The Morgan fingerprint density at radius 1 is 1.40 bits per heavy atom. The standard InChI is InChI=1S/C9H12O/c1-4-6-2-5-3-7(6)9(10)8(4)5/h5-10H,1-3H2/t5-,6-,7-,8-,9+/m0/s1. The summed E-state index contributed by atoms with van der Waals surface area (Å²) in [6.45, 7) is 4.05. The van der Waals surface area contributed by atoms with E-state index in [1.54, 1.807) is 0 Å². The van der Waals surface area contributed by atoms with Gasteiger partial charge in [-0.3, -0.25) is 0 Å². The predicted molar refractivity (Wildman–Crippen MR) is 38.3 cm³/mol. The molecule has 0 amide bonds. The molecule has 1 N–H and O–H groups in total. The summed E-state index contributed by atoms with van der Waals surface area (Å²) in [7, 11) is 0. The third kappa shape index (κ3) is 0.344. The average molecular weight is 136 g/mol. The number of hydrogen-bond donors (Lipinski definition) is 1. The minimum atomic E-state index is -0.00347. The highest BCUT2D eigenvalue weighted by molar-refractivity contribution is 5.29. The van der Waals surface area contributed by atoms with Crippen LogP contribution in [0.1, 0.15) is 12.8 Å². The van der Waals surface area contributed by atoms with E-state index in [0.717, 1.165) is 5.92 Å². The molecule has 1 nitrogen and oxygen atoms in total. The van der Waals surface area contributed by atoms with Crippen molar-refractivity contribution in [1.29, 1.82) is 0 Å². The van der Waals surface area contributed by atoms with Crippen molar-refractivity contribution in [3.05, 3.63) is 12.2 Å². The summed E-state index contributed by atoms with van der Waals surface area (Å²) in [6.07, 6.45) is 2.62. The SMILES string of the molecule is C=C1[C@H]2[C@@H]3C[C@H]([C@H]2O)[C@H]1C3. The van der Waals surface area contributed by atoms with Crippen LogP contribution in [0.4, 0.5) is 0 Å².